The molecule has 0 bridgehead atoms. The summed E-state index contributed by atoms with van der Waals surface area (Å²) in [7, 11) is 0. The van der Waals surface area contributed by atoms with E-state index < -0.39 is 11.5 Å². The van der Waals surface area contributed by atoms with E-state index in [0.29, 0.717) is 10.7 Å². The maximum Gasteiger partial charge on any atom is 0.322 e. The fraction of sp³-hybridized carbons (Fsp3) is 0.429. The summed E-state index contributed by atoms with van der Waals surface area (Å²) in [4.78, 5) is 24.4. The number of halogens is 1. The first-order valence-corrected chi connectivity index (χ1v) is 6.64. The zero-order valence-corrected chi connectivity index (χ0v) is 12.6. The number of rotatable bonds is 4. The summed E-state index contributed by atoms with van der Waals surface area (Å²) < 4.78 is 0. The Balaban J connectivity index is 2.77. The van der Waals surface area contributed by atoms with E-state index in [4.69, 9.17) is 16.7 Å². The average Bonchev–Trinajstić information content (AvgIpc) is 2.30. The Bertz CT molecular complexity index is 480. The largest absolute Gasteiger partial charge is 0.481 e. The normalized spacial score (nSPS) is 11.0. The molecule has 0 spiro atoms. The summed E-state index contributed by atoms with van der Waals surface area (Å²) in [6.07, 6.45) is -0.0920. The predicted octanol–water partition coefficient (Wildman–Crippen LogP) is 3.45. The van der Waals surface area contributed by atoms with Gasteiger partial charge in [0.2, 0.25) is 0 Å². The molecule has 0 aromatic heterocycles. The van der Waals surface area contributed by atoms with Gasteiger partial charge >= 0.3 is 12.0 Å². The van der Waals surface area contributed by atoms with E-state index in [-0.39, 0.29) is 19.0 Å². The molecule has 1 aromatic carbocycles. The standard InChI is InChI=1S/C14H19ClN2O3/c1-14(2,3)17(9-8-12(18)19)13(20)16-11-6-4-10(15)5-7-11/h4-7H,8-9H2,1-3H3,(H,16,20)(H,18,19). The molecular formula is C14H19ClN2O3. The summed E-state index contributed by atoms with van der Waals surface area (Å²) in [6.45, 7) is 5.72. The summed E-state index contributed by atoms with van der Waals surface area (Å²) in [5.41, 5.74) is 0.148. The second-order valence-electron chi connectivity index (χ2n) is 5.40. The van der Waals surface area contributed by atoms with Crippen molar-refractivity contribution in [2.45, 2.75) is 32.7 Å². The molecule has 0 radical (unpaired) electrons. The van der Waals surface area contributed by atoms with E-state index in [1.54, 1.807) is 24.3 Å². The van der Waals surface area contributed by atoms with Gasteiger partial charge in [-0.1, -0.05) is 11.6 Å². The minimum atomic E-state index is -0.932. The van der Waals surface area contributed by atoms with Gasteiger partial charge in [-0.25, -0.2) is 4.79 Å². The van der Waals surface area contributed by atoms with Gasteiger partial charge in [0.25, 0.3) is 0 Å². The van der Waals surface area contributed by atoms with Gasteiger partial charge in [0.15, 0.2) is 0 Å². The molecule has 0 heterocycles. The van der Waals surface area contributed by atoms with Gasteiger partial charge in [0.1, 0.15) is 0 Å². The Morgan fingerprint density at radius 2 is 1.80 bits per heavy atom. The number of benzene rings is 1. The number of hydrogen-bond donors (Lipinski definition) is 2. The van der Waals surface area contributed by atoms with Crippen LogP contribution in [0.4, 0.5) is 10.5 Å². The van der Waals surface area contributed by atoms with Crippen molar-refractivity contribution in [3.63, 3.8) is 0 Å². The molecule has 0 aliphatic carbocycles. The fourth-order valence-corrected chi connectivity index (χ4v) is 1.80. The molecule has 20 heavy (non-hydrogen) atoms. The number of amides is 2. The molecule has 0 fully saturated rings. The highest BCUT2D eigenvalue weighted by molar-refractivity contribution is 6.30. The van der Waals surface area contributed by atoms with E-state index in [1.165, 1.54) is 4.90 Å². The Morgan fingerprint density at radius 3 is 2.25 bits per heavy atom. The van der Waals surface area contributed by atoms with Crippen LogP contribution in [0.3, 0.4) is 0 Å². The second-order valence-corrected chi connectivity index (χ2v) is 5.84. The lowest BCUT2D eigenvalue weighted by Crippen LogP contribution is -2.48. The zero-order chi connectivity index (χ0) is 15.3. The highest BCUT2D eigenvalue weighted by Gasteiger charge is 2.26. The maximum absolute atomic E-state index is 12.2. The van der Waals surface area contributed by atoms with Crippen LogP contribution in [0.25, 0.3) is 0 Å². The van der Waals surface area contributed by atoms with Gasteiger partial charge in [0, 0.05) is 22.8 Å². The number of carbonyl (C=O) groups excluding carboxylic acids is 1. The Kier molecular flexibility index (Phi) is 5.39. The number of carboxylic acids is 1. The second kappa shape index (κ2) is 6.61. The van der Waals surface area contributed by atoms with Crippen molar-refractivity contribution in [2.24, 2.45) is 0 Å². The topological polar surface area (TPSA) is 69.6 Å². The zero-order valence-electron chi connectivity index (χ0n) is 11.8. The SMILES string of the molecule is CC(C)(C)N(CCC(=O)O)C(=O)Nc1ccc(Cl)cc1. The predicted molar refractivity (Wildman–Crippen MR) is 79.2 cm³/mol. The number of nitrogens with zero attached hydrogens (tertiary/aromatic N) is 1. The molecule has 5 nitrogen and oxygen atoms in total. The third kappa shape index (κ3) is 5.09. The quantitative estimate of drug-likeness (QED) is 0.894. The van der Waals surface area contributed by atoms with Crippen LogP contribution < -0.4 is 5.32 Å². The minimum Gasteiger partial charge on any atom is -0.481 e. The molecule has 0 saturated heterocycles. The van der Waals surface area contributed by atoms with Crippen molar-refractivity contribution >= 4 is 29.3 Å². The molecule has 0 aliphatic heterocycles. The highest BCUT2D eigenvalue weighted by Crippen LogP contribution is 2.18. The van der Waals surface area contributed by atoms with E-state index in [9.17, 15) is 9.59 Å². The fourth-order valence-electron chi connectivity index (χ4n) is 1.67. The van der Waals surface area contributed by atoms with Gasteiger partial charge in [-0.05, 0) is 45.0 Å². The molecule has 1 rings (SSSR count). The highest BCUT2D eigenvalue weighted by atomic mass is 35.5. The van der Waals surface area contributed by atoms with E-state index in [0.717, 1.165) is 0 Å². The number of urea groups is 1. The minimum absolute atomic E-state index is 0.0920. The van der Waals surface area contributed by atoms with E-state index >= 15 is 0 Å². The van der Waals surface area contributed by atoms with Crippen LogP contribution in [-0.2, 0) is 4.79 Å². The van der Waals surface area contributed by atoms with Crippen LogP contribution in [0, 0.1) is 0 Å². The van der Waals surface area contributed by atoms with Crippen LogP contribution in [0.2, 0.25) is 5.02 Å². The smallest absolute Gasteiger partial charge is 0.322 e. The Labute approximate surface area is 123 Å². The van der Waals surface area contributed by atoms with Crippen molar-refractivity contribution < 1.29 is 14.7 Å². The lowest BCUT2D eigenvalue weighted by molar-refractivity contribution is -0.137. The number of carbonyl (C=O) groups is 2. The van der Waals surface area contributed by atoms with Crippen LogP contribution in [0.5, 0.6) is 0 Å². The first-order valence-electron chi connectivity index (χ1n) is 6.26. The molecule has 6 heteroatoms. The van der Waals surface area contributed by atoms with Crippen LogP contribution in [0.1, 0.15) is 27.2 Å². The van der Waals surface area contributed by atoms with Crippen LogP contribution in [-0.4, -0.2) is 34.1 Å². The third-order valence-electron chi connectivity index (χ3n) is 2.70. The third-order valence-corrected chi connectivity index (χ3v) is 2.95. The van der Waals surface area contributed by atoms with Crippen molar-refractivity contribution in [2.75, 3.05) is 11.9 Å². The van der Waals surface area contributed by atoms with Crippen molar-refractivity contribution in [3.8, 4) is 0 Å². The molecule has 0 aliphatic rings. The molecule has 110 valence electrons. The number of anilines is 1. The number of carboxylic acid groups (broad SMARTS) is 1. The van der Waals surface area contributed by atoms with Gasteiger partial charge in [-0.15, -0.1) is 0 Å². The number of hydrogen-bond acceptors (Lipinski definition) is 2. The molecule has 2 amide bonds. The summed E-state index contributed by atoms with van der Waals surface area (Å²) >= 11 is 5.78. The molecule has 1 aromatic rings. The monoisotopic (exact) mass is 298 g/mol. The number of aliphatic carboxylic acids is 1. The van der Waals surface area contributed by atoms with E-state index in [1.807, 2.05) is 20.8 Å². The van der Waals surface area contributed by atoms with Crippen LogP contribution >= 0.6 is 11.6 Å². The summed E-state index contributed by atoms with van der Waals surface area (Å²) in [6, 6.07) is 6.41. The van der Waals surface area contributed by atoms with Gasteiger partial charge in [0.05, 0.1) is 6.42 Å². The average molecular weight is 299 g/mol. The molecule has 0 unspecified atom stereocenters. The molecule has 0 atom stereocenters. The van der Waals surface area contributed by atoms with Crippen molar-refractivity contribution in [1.29, 1.82) is 0 Å². The van der Waals surface area contributed by atoms with Gasteiger partial charge < -0.3 is 15.3 Å². The molecular weight excluding hydrogens is 280 g/mol. The van der Waals surface area contributed by atoms with Crippen molar-refractivity contribution in [1.82, 2.24) is 4.90 Å². The lowest BCUT2D eigenvalue weighted by atomic mass is 10.1. The number of nitrogens with one attached hydrogen (secondary N) is 1. The molecule has 2 N–H and O–H groups in total. The summed E-state index contributed by atoms with van der Waals surface area (Å²) in [5, 5.41) is 12.1. The van der Waals surface area contributed by atoms with Crippen molar-refractivity contribution in [3.05, 3.63) is 29.3 Å². The first-order chi connectivity index (χ1) is 9.20. The van der Waals surface area contributed by atoms with Gasteiger partial charge in [-0.3, -0.25) is 4.79 Å². The Hall–Kier alpha value is -1.75. The van der Waals surface area contributed by atoms with Gasteiger partial charge in [-0.2, -0.15) is 0 Å². The van der Waals surface area contributed by atoms with E-state index in [2.05, 4.69) is 5.32 Å². The maximum atomic E-state index is 12.2. The van der Waals surface area contributed by atoms with Crippen LogP contribution in [0.15, 0.2) is 24.3 Å². The summed E-state index contributed by atoms with van der Waals surface area (Å²) in [5.74, 6) is -0.932. The first kappa shape index (κ1) is 16.3. The molecule has 0 saturated carbocycles. The lowest BCUT2D eigenvalue weighted by Gasteiger charge is -2.35. The Morgan fingerprint density at radius 1 is 1.25 bits per heavy atom.